The van der Waals surface area contributed by atoms with Gasteiger partial charge >= 0.3 is 0 Å². The van der Waals surface area contributed by atoms with Crippen LogP contribution in [-0.2, 0) is 10.0 Å². The Labute approximate surface area is 341 Å². The smallest absolute Gasteiger partial charge is 0.297 e. The van der Waals surface area contributed by atoms with Crippen LogP contribution in [0.5, 0.6) is 17.2 Å². The van der Waals surface area contributed by atoms with Crippen LogP contribution in [0.2, 0.25) is 5.02 Å². The fourth-order valence-electron chi connectivity index (χ4n) is 7.85. The SMILES string of the molecule is C[C@@H]1COc2cc(S(=O)(=O)NC(=O)c3ccc(N4CCN(CC5=C(c6ccc(Cl)cc6)CC(C)(C)CC5)CC4)cc3Oc3cnc4[nH]ccc4c3)cc([N+](=O)[O-])c2N1. The Balaban J connectivity index is 1.04. The number of hydrogen-bond donors (Lipinski definition) is 3. The zero-order valence-corrected chi connectivity index (χ0v) is 34.0. The topological polar surface area (TPSA) is 172 Å². The van der Waals surface area contributed by atoms with E-state index in [1.165, 1.54) is 35.0 Å². The van der Waals surface area contributed by atoms with E-state index in [-0.39, 0.29) is 40.8 Å². The minimum absolute atomic E-state index is 0.00246. The summed E-state index contributed by atoms with van der Waals surface area (Å²) in [5.74, 6) is -0.515. The zero-order valence-electron chi connectivity index (χ0n) is 32.4. The molecule has 0 radical (unpaired) electrons. The Kier molecular flexibility index (Phi) is 10.5. The first-order valence-electron chi connectivity index (χ1n) is 19.2. The number of halogens is 1. The van der Waals surface area contributed by atoms with Crippen molar-refractivity contribution in [2.75, 3.05) is 49.5 Å². The number of rotatable bonds is 10. The lowest BCUT2D eigenvalue weighted by Crippen LogP contribution is -2.47. The monoisotopic (exact) mass is 825 g/mol. The van der Waals surface area contributed by atoms with Gasteiger partial charge in [-0.3, -0.25) is 19.8 Å². The van der Waals surface area contributed by atoms with Gasteiger partial charge in [-0.05, 0) is 79.1 Å². The van der Waals surface area contributed by atoms with Gasteiger partial charge in [-0.1, -0.05) is 43.2 Å². The average Bonchev–Trinajstić information content (AvgIpc) is 3.66. The number of nitrogens with one attached hydrogen (secondary N) is 3. The number of nitrogens with zero attached hydrogens (tertiary/aromatic N) is 4. The van der Waals surface area contributed by atoms with Gasteiger partial charge in [-0.25, -0.2) is 18.1 Å². The molecule has 58 heavy (non-hydrogen) atoms. The van der Waals surface area contributed by atoms with Crippen LogP contribution in [0.4, 0.5) is 17.1 Å². The number of pyridine rings is 1. The van der Waals surface area contributed by atoms with Crippen molar-refractivity contribution < 1.29 is 27.6 Å². The number of H-pyrrole nitrogens is 1. The Morgan fingerprint density at radius 2 is 1.86 bits per heavy atom. The molecule has 3 aliphatic rings. The average molecular weight is 826 g/mol. The summed E-state index contributed by atoms with van der Waals surface area (Å²) in [5, 5.41) is 16.4. The van der Waals surface area contributed by atoms with Crippen LogP contribution in [0.15, 0.2) is 89.6 Å². The maximum atomic E-state index is 13.9. The van der Waals surface area contributed by atoms with Gasteiger partial charge in [0, 0.05) is 73.2 Å². The molecule has 0 unspecified atom stereocenters. The summed E-state index contributed by atoms with van der Waals surface area (Å²) in [5.41, 5.74) is 5.32. The summed E-state index contributed by atoms with van der Waals surface area (Å²) in [6.45, 7) is 10.6. The molecule has 3 aromatic carbocycles. The van der Waals surface area contributed by atoms with E-state index in [2.05, 4.69) is 55.8 Å². The number of ether oxygens (including phenoxy) is 2. The molecular formula is C42H44ClN7O7S. The van der Waals surface area contributed by atoms with Crippen molar-refractivity contribution in [1.29, 1.82) is 0 Å². The molecule has 4 heterocycles. The number of amides is 1. The number of fused-ring (bicyclic) bond motifs is 2. The maximum absolute atomic E-state index is 13.9. The standard InChI is InChI=1S/C42H44ClN7O7S/c1-26-25-56-38-21-33(20-36(50(52)53)39(38)46-26)58(54,55)47-41(51)34-9-8-31(19-37(34)57-32-18-28-11-13-44-40(28)45-23-32)49-16-14-48(15-17-49)24-29-10-12-42(2,3)22-35(29)27-4-6-30(43)7-5-27/h4-9,11,13,18-21,23,26,46H,10,12,14-17,22,24-25H2,1-3H3,(H,44,45)(H,47,51)/t26-/m1/s1. The van der Waals surface area contributed by atoms with Gasteiger partial charge in [0.1, 0.15) is 23.8 Å². The fourth-order valence-corrected chi connectivity index (χ4v) is 8.98. The molecule has 3 N–H and O–H groups in total. The predicted molar refractivity (Wildman–Crippen MR) is 224 cm³/mol. The Bertz CT molecular complexity index is 2550. The number of aromatic amines is 1. The highest BCUT2D eigenvalue weighted by molar-refractivity contribution is 7.90. The number of piperazine rings is 1. The van der Waals surface area contributed by atoms with Crippen LogP contribution in [-0.4, -0.2) is 79.5 Å². The molecule has 302 valence electrons. The number of carbonyl (C=O) groups excluding carboxylic acids is 1. The molecule has 0 spiro atoms. The van der Waals surface area contributed by atoms with Gasteiger partial charge in [0.2, 0.25) is 0 Å². The normalized spacial score (nSPS) is 18.3. The number of nitro groups is 1. The molecule has 1 amide bonds. The van der Waals surface area contributed by atoms with E-state index in [4.69, 9.17) is 21.1 Å². The summed E-state index contributed by atoms with van der Waals surface area (Å²) < 4.78 is 41.3. The van der Waals surface area contributed by atoms with Crippen LogP contribution < -0.4 is 24.4 Å². The van der Waals surface area contributed by atoms with Crippen molar-refractivity contribution >= 4 is 61.2 Å². The largest absolute Gasteiger partial charge is 0.489 e. The molecule has 0 saturated carbocycles. The maximum Gasteiger partial charge on any atom is 0.297 e. The second-order valence-corrected chi connectivity index (χ2v) is 18.0. The first-order valence-corrected chi connectivity index (χ1v) is 21.1. The van der Waals surface area contributed by atoms with Gasteiger partial charge in [-0.15, -0.1) is 0 Å². The molecule has 2 aromatic heterocycles. The number of sulfonamides is 1. The van der Waals surface area contributed by atoms with Crippen LogP contribution >= 0.6 is 11.6 Å². The number of nitro benzene ring substituents is 1. The van der Waals surface area contributed by atoms with Crippen LogP contribution in [0, 0.1) is 15.5 Å². The molecule has 1 saturated heterocycles. The highest BCUT2D eigenvalue weighted by Gasteiger charge is 2.32. The van der Waals surface area contributed by atoms with Crippen molar-refractivity contribution in [3.05, 3.63) is 111 Å². The third-order valence-corrected chi connectivity index (χ3v) is 12.6. The van der Waals surface area contributed by atoms with Gasteiger partial charge in [0.25, 0.3) is 21.6 Å². The van der Waals surface area contributed by atoms with E-state index >= 15 is 0 Å². The molecule has 8 rings (SSSR count). The van der Waals surface area contributed by atoms with E-state index < -0.39 is 31.4 Å². The van der Waals surface area contributed by atoms with Crippen molar-refractivity contribution in [3.63, 3.8) is 0 Å². The number of carbonyl (C=O) groups is 1. The second-order valence-electron chi connectivity index (χ2n) is 15.9. The molecule has 1 fully saturated rings. The number of allylic oxidation sites excluding steroid dienone is 1. The van der Waals surface area contributed by atoms with Crippen molar-refractivity contribution in [1.82, 2.24) is 19.6 Å². The highest BCUT2D eigenvalue weighted by atomic mass is 35.5. The summed E-state index contributed by atoms with van der Waals surface area (Å²) in [7, 11) is -4.61. The first-order chi connectivity index (χ1) is 27.7. The van der Waals surface area contributed by atoms with E-state index in [9.17, 15) is 23.3 Å². The minimum atomic E-state index is -4.61. The number of aromatic nitrogens is 2. The van der Waals surface area contributed by atoms with Gasteiger partial charge in [0.05, 0.1) is 27.6 Å². The van der Waals surface area contributed by atoms with Crippen LogP contribution in [0.3, 0.4) is 0 Å². The highest BCUT2D eigenvalue weighted by Crippen LogP contribution is 2.44. The zero-order chi connectivity index (χ0) is 40.8. The van der Waals surface area contributed by atoms with E-state index in [1.807, 2.05) is 18.2 Å². The second kappa shape index (κ2) is 15.6. The summed E-state index contributed by atoms with van der Waals surface area (Å²) in [6, 6.07) is 18.6. The lowest BCUT2D eigenvalue weighted by Gasteiger charge is -2.39. The fraction of sp³-hybridized carbons (Fsp3) is 0.333. The quantitative estimate of drug-likeness (QED) is 0.0920. The van der Waals surface area contributed by atoms with Gasteiger partial charge < -0.3 is 24.7 Å². The van der Waals surface area contributed by atoms with Crippen LogP contribution in [0.25, 0.3) is 16.6 Å². The lowest BCUT2D eigenvalue weighted by atomic mass is 9.72. The molecule has 16 heteroatoms. The van der Waals surface area contributed by atoms with E-state index in [0.717, 1.165) is 74.1 Å². The predicted octanol–water partition coefficient (Wildman–Crippen LogP) is 8.01. The van der Waals surface area contributed by atoms with Crippen molar-refractivity contribution in [2.24, 2.45) is 5.41 Å². The van der Waals surface area contributed by atoms with Gasteiger partial charge in [0.15, 0.2) is 11.4 Å². The van der Waals surface area contributed by atoms with Crippen molar-refractivity contribution in [2.45, 2.75) is 51.0 Å². The third kappa shape index (κ3) is 8.33. The Morgan fingerprint density at radius 3 is 2.62 bits per heavy atom. The number of hydrogen-bond acceptors (Lipinski definition) is 11. The van der Waals surface area contributed by atoms with Crippen LogP contribution in [0.1, 0.15) is 56.0 Å². The van der Waals surface area contributed by atoms with E-state index in [1.54, 1.807) is 31.3 Å². The van der Waals surface area contributed by atoms with Crippen molar-refractivity contribution in [3.8, 4) is 17.2 Å². The summed E-state index contributed by atoms with van der Waals surface area (Å²) in [6.07, 6.45) is 6.46. The molecular weight excluding hydrogens is 782 g/mol. The Morgan fingerprint density at radius 1 is 1.09 bits per heavy atom. The number of anilines is 2. The summed E-state index contributed by atoms with van der Waals surface area (Å²) >= 11 is 6.23. The van der Waals surface area contributed by atoms with E-state index in [0.29, 0.717) is 11.4 Å². The molecule has 14 nitrogen and oxygen atoms in total. The Hall–Kier alpha value is -5.64. The minimum Gasteiger partial charge on any atom is -0.489 e. The first kappa shape index (κ1) is 39.2. The third-order valence-electron chi connectivity index (χ3n) is 11.0. The molecule has 1 atom stereocenters. The summed E-state index contributed by atoms with van der Waals surface area (Å²) in [4.78, 5) is 36.8. The lowest BCUT2D eigenvalue weighted by molar-refractivity contribution is -0.384. The van der Waals surface area contributed by atoms with Gasteiger partial charge in [-0.2, -0.15) is 0 Å². The molecule has 0 bridgehead atoms. The molecule has 2 aliphatic heterocycles. The molecule has 1 aliphatic carbocycles. The number of benzene rings is 3. The molecule has 5 aromatic rings.